The first-order chi connectivity index (χ1) is 4.24. The Hall–Kier alpha value is -0.750. The lowest BCUT2D eigenvalue weighted by molar-refractivity contribution is 0.457. The zero-order chi connectivity index (χ0) is 6.85. The van der Waals surface area contributed by atoms with E-state index in [2.05, 4.69) is 22.3 Å². The Bertz CT molecular complexity index is 275. The first-order valence-corrected chi connectivity index (χ1v) is 3.26. The minimum atomic E-state index is -0.125. The van der Waals surface area contributed by atoms with Gasteiger partial charge < -0.3 is 10.1 Å². The Morgan fingerprint density at radius 2 is 2.44 bits per heavy atom. The molecule has 6 heteroatoms. The number of hydrogen-bond donors (Lipinski definition) is 3. The van der Waals surface area contributed by atoms with Crippen LogP contribution >= 0.6 is 23.6 Å². The summed E-state index contributed by atoms with van der Waals surface area (Å²) in [5, 5.41) is 12.0. The highest BCUT2D eigenvalue weighted by atomic mass is 32.1. The standard InChI is InChI=1S/C3H3N3OS2/c4-6-2-1(7)5-3(8)9-2/h4,7H,(H,5,8). The average molecular weight is 161 g/mol. The fraction of sp³-hybridized carbons (Fsp3) is 0. The summed E-state index contributed by atoms with van der Waals surface area (Å²) in [6.07, 6.45) is 0. The monoisotopic (exact) mass is 161 g/mol. The molecule has 0 bridgehead atoms. The van der Waals surface area contributed by atoms with E-state index in [4.69, 9.17) is 10.6 Å². The number of aromatic hydroxyl groups is 1. The molecule has 1 aromatic heterocycles. The van der Waals surface area contributed by atoms with E-state index in [0.29, 0.717) is 3.95 Å². The lowest BCUT2D eigenvalue weighted by Crippen LogP contribution is -1.57. The molecule has 0 unspecified atom stereocenters. The van der Waals surface area contributed by atoms with Crippen LogP contribution in [0.1, 0.15) is 0 Å². The molecule has 0 atom stereocenters. The molecule has 1 rings (SSSR count). The van der Waals surface area contributed by atoms with Gasteiger partial charge in [-0.05, 0) is 12.2 Å². The van der Waals surface area contributed by atoms with Crippen LogP contribution in [0.15, 0.2) is 5.11 Å². The van der Waals surface area contributed by atoms with Gasteiger partial charge in [0.25, 0.3) is 0 Å². The fourth-order valence-corrected chi connectivity index (χ4v) is 1.24. The van der Waals surface area contributed by atoms with Gasteiger partial charge in [0, 0.05) is 0 Å². The first kappa shape index (κ1) is 6.37. The maximum Gasteiger partial charge on any atom is 0.229 e. The van der Waals surface area contributed by atoms with E-state index in [1.54, 1.807) is 0 Å². The van der Waals surface area contributed by atoms with Gasteiger partial charge in [0.05, 0.1) is 0 Å². The third kappa shape index (κ3) is 1.14. The summed E-state index contributed by atoms with van der Waals surface area (Å²) in [6.45, 7) is 0. The van der Waals surface area contributed by atoms with Crippen LogP contribution in [0, 0.1) is 9.49 Å². The number of aromatic amines is 1. The number of hydrogen-bond acceptors (Lipinski definition) is 5. The molecule has 48 valence electrons. The highest BCUT2D eigenvalue weighted by Crippen LogP contribution is 2.29. The fourth-order valence-electron chi connectivity index (χ4n) is 0.388. The molecule has 0 aliphatic rings. The Labute approximate surface area is 59.7 Å². The summed E-state index contributed by atoms with van der Waals surface area (Å²) >= 11 is 5.72. The minimum Gasteiger partial charge on any atom is -0.492 e. The van der Waals surface area contributed by atoms with E-state index in [1.807, 2.05) is 0 Å². The predicted octanol–water partition coefficient (Wildman–Crippen LogP) is 2.17. The van der Waals surface area contributed by atoms with E-state index in [0.717, 1.165) is 11.3 Å². The second-order valence-electron chi connectivity index (χ2n) is 1.28. The molecule has 3 N–H and O–H groups in total. The minimum absolute atomic E-state index is 0.125. The summed E-state index contributed by atoms with van der Waals surface area (Å²) < 4.78 is 0.429. The molecule has 0 radical (unpaired) electrons. The van der Waals surface area contributed by atoms with Crippen molar-refractivity contribution in [2.75, 3.05) is 0 Å². The summed E-state index contributed by atoms with van der Waals surface area (Å²) in [4.78, 5) is 2.43. The van der Waals surface area contributed by atoms with E-state index >= 15 is 0 Å². The van der Waals surface area contributed by atoms with Crippen molar-refractivity contribution >= 4 is 28.6 Å². The zero-order valence-corrected chi connectivity index (χ0v) is 5.84. The normalized spacial score (nSPS) is 9.33. The molecule has 0 fully saturated rings. The smallest absolute Gasteiger partial charge is 0.229 e. The van der Waals surface area contributed by atoms with Crippen molar-refractivity contribution < 1.29 is 5.11 Å². The first-order valence-electron chi connectivity index (χ1n) is 2.03. The molecular weight excluding hydrogens is 158 g/mol. The molecule has 0 saturated carbocycles. The molecule has 9 heavy (non-hydrogen) atoms. The number of rotatable bonds is 1. The molecule has 0 saturated heterocycles. The van der Waals surface area contributed by atoms with Gasteiger partial charge in [0.2, 0.25) is 10.9 Å². The van der Waals surface area contributed by atoms with E-state index in [-0.39, 0.29) is 10.9 Å². The van der Waals surface area contributed by atoms with Crippen molar-refractivity contribution in [3.63, 3.8) is 0 Å². The number of H-pyrrole nitrogens is 1. The van der Waals surface area contributed by atoms with Crippen LogP contribution < -0.4 is 0 Å². The van der Waals surface area contributed by atoms with Gasteiger partial charge in [-0.3, -0.25) is 0 Å². The molecule has 4 nitrogen and oxygen atoms in total. The van der Waals surface area contributed by atoms with Gasteiger partial charge in [0.1, 0.15) is 0 Å². The Morgan fingerprint density at radius 1 is 1.78 bits per heavy atom. The summed E-state index contributed by atoms with van der Waals surface area (Å²) in [5.41, 5.74) is 6.51. The van der Waals surface area contributed by atoms with Crippen molar-refractivity contribution in [2.45, 2.75) is 0 Å². The van der Waals surface area contributed by atoms with Crippen LogP contribution in [0.4, 0.5) is 5.00 Å². The molecule has 1 aromatic rings. The van der Waals surface area contributed by atoms with Crippen LogP contribution in [-0.2, 0) is 0 Å². The Morgan fingerprint density at radius 3 is 2.67 bits per heavy atom. The molecule has 0 aliphatic carbocycles. The van der Waals surface area contributed by atoms with Gasteiger partial charge in [-0.25, -0.2) is 5.53 Å². The van der Waals surface area contributed by atoms with E-state index in [9.17, 15) is 0 Å². The number of nitrogens with one attached hydrogen (secondary N) is 2. The molecule has 0 aliphatic heterocycles. The van der Waals surface area contributed by atoms with Crippen molar-refractivity contribution in [3.8, 4) is 5.88 Å². The molecule has 0 spiro atoms. The lowest BCUT2D eigenvalue weighted by Gasteiger charge is -1.79. The van der Waals surface area contributed by atoms with Gasteiger partial charge in [-0.2, -0.15) is 0 Å². The van der Waals surface area contributed by atoms with Crippen molar-refractivity contribution in [1.82, 2.24) is 4.98 Å². The highest BCUT2D eigenvalue weighted by Gasteiger charge is 2.00. The van der Waals surface area contributed by atoms with Crippen LogP contribution in [-0.4, -0.2) is 10.1 Å². The summed E-state index contributed by atoms with van der Waals surface area (Å²) in [6, 6.07) is 0. The van der Waals surface area contributed by atoms with E-state index < -0.39 is 0 Å². The van der Waals surface area contributed by atoms with Crippen LogP contribution in [0.25, 0.3) is 0 Å². The second-order valence-corrected chi connectivity index (χ2v) is 2.95. The summed E-state index contributed by atoms with van der Waals surface area (Å²) in [7, 11) is 0. The highest BCUT2D eigenvalue weighted by molar-refractivity contribution is 7.73. The van der Waals surface area contributed by atoms with Gasteiger partial charge in [-0.15, -0.1) is 5.11 Å². The Kier molecular flexibility index (Phi) is 1.58. The molecular formula is C3H3N3OS2. The Balaban J connectivity index is 3.31. The van der Waals surface area contributed by atoms with Gasteiger partial charge in [0.15, 0.2) is 3.95 Å². The van der Waals surface area contributed by atoms with Gasteiger partial charge in [-0.1, -0.05) is 11.3 Å². The summed E-state index contributed by atoms with van der Waals surface area (Å²) in [5.74, 6) is -0.125. The number of aromatic nitrogens is 1. The third-order valence-electron chi connectivity index (χ3n) is 0.714. The quantitative estimate of drug-likeness (QED) is 0.436. The van der Waals surface area contributed by atoms with Crippen LogP contribution in [0.2, 0.25) is 0 Å². The van der Waals surface area contributed by atoms with Crippen LogP contribution in [0.3, 0.4) is 0 Å². The third-order valence-corrected chi connectivity index (χ3v) is 1.83. The maximum atomic E-state index is 8.81. The number of thiazole rings is 1. The topological polar surface area (TPSA) is 72.2 Å². The largest absolute Gasteiger partial charge is 0.492 e. The predicted molar refractivity (Wildman–Crippen MR) is 36.0 cm³/mol. The molecule has 1 heterocycles. The lowest BCUT2D eigenvalue weighted by atomic mass is 10.8. The number of nitrogens with zero attached hydrogens (tertiary/aromatic N) is 1. The maximum absolute atomic E-state index is 8.81. The SMILES string of the molecule is N=Nc1sc(=S)[nH]c1O. The van der Waals surface area contributed by atoms with Crippen molar-refractivity contribution in [1.29, 1.82) is 5.53 Å². The van der Waals surface area contributed by atoms with Crippen molar-refractivity contribution in [3.05, 3.63) is 3.95 Å². The molecule has 0 amide bonds. The zero-order valence-electron chi connectivity index (χ0n) is 4.21. The van der Waals surface area contributed by atoms with Crippen LogP contribution in [0.5, 0.6) is 5.88 Å². The molecule has 0 aromatic carbocycles. The van der Waals surface area contributed by atoms with E-state index in [1.165, 1.54) is 0 Å². The van der Waals surface area contributed by atoms with Gasteiger partial charge >= 0.3 is 0 Å². The second kappa shape index (κ2) is 2.24. The average Bonchev–Trinajstić information content (AvgIpc) is 2.10. The van der Waals surface area contributed by atoms with Crippen molar-refractivity contribution in [2.24, 2.45) is 5.11 Å².